The maximum absolute atomic E-state index is 14.1. The molecule has 0 aliphatic rings. The van der Waals surface area contributed by atoms with Crippen LogP contribution in [0.1, 0.15) is 38.7 Å². The third kappa shape index (κ3) is 6.28. The fourth-order valence-electron chi connectivity index (χ4n) is 2.54. The van der Waals surface area contributed by atoms with E-state index < -0.39 is 17.5 Å². The van der Waals surface area contributed by atoms with Crippen LogP contribution in [0.25, 0.3) is 0 Å². The van der Waals surface area contributed by atoms with E-state index in [9.17, 15) is 18.3 Å². The first kappa shape index (κ1) is 21.9. The third-order valence-corrected chi connectivity index (χ3v) is 4.59. The second-order valence-corrected chi connectivity index (χ2v) is 6.69. The lowest BCUT2D eigenvalue weighted by Crippen LogP contribution is -2.05. The molecule has 0 aliphatic carbocycles. The summed E-state index contributed by atoms with van der Waals surface area (Å²) in [6.45, 7) is 10.8. The number of hydrogen-bond acceptors (Lipinski definition) is 2. The Kier molecular flexibility index (Phi) is 8.49. The number of ether oxygens (including phenoxy) is 1. The lowest BCUT2D eigenvalue weighted by molar-refractivity contribution is 0.280. The number of halogens is 3. The van der Waals surface area contributed by atoms with Crippen molar-refractivity contribution in [1.29, 1.82) is 0 Å². The SMILES string of the molecule is C=C(OC)/C(F)=C(/F)C(=C)C(C)CCC(C)CCc1ccc(O)c(F)c1. The second-order valence-electron chi connectivity index (χ2n) is 6.69. The topological polar surface area (TPSA) is 29.5 Å². The quantitative estimate of drug-likeness (QED) is 0.383. The van der Waals surface area contributed by atoms with Crippen LogP contribution in [0.3, 0.4) is 0 Å². The highest BCUT2D eigenvalue weighted by molar-refractivity contribution is 5.33. The molecule has 26 heavy (non-hydrogen) atoms. The highest BCUT2D eigenvalue weighted by atomic mass is 19.2. The largest absolute Gasteiger partial charge is 0.505 e. The molecule has 2 atom stereocenters. The zero-order chi connectivity index (χ0) is 19.9. The van der Waals surface area contributed by atoms with Gasteiger partial charge in [0.2, 0.25) is 0 Å². The summed E-state index contributed by atoms with van der Waals surface area (Å²) in [6, 6.07) is 4.37. The molecule has 1 N–H and O–H groups in total. The van der Waals surface area contributed by atoms with Crippen LogP contribution < -0.4 is 0 Å². The standard InChI is InChI=1S/C21H27F3O2/c1-13(7-9-17-10-11-19(25)18(22)12-17)6-8-14(2)15(3)20(23)21(24)16(4)26-5/h10-14,25H,3-4,6-9H2,1-2,5H3/b21-20-. The lowest BCUT2D eigenvalue weighted by Gasteiger charge is -2.17. The molecule has 1 aromatic rings. The van der Waals surface area contributed by atoms with Crippen LogP contribution in [0.4, 0.5) is 13.2 Å². The van der Waals surface area contributed by atoms with Gasteiger partial charge < -0.3 is 9.84 Å². The van der Waals surface area contributed by atoms with Gasteiger partial charge in [-0.1, -0.05) is 39.5 Å². The van der Waals surface area contributed by atoms with E-state index in [1.165, 1.54) is 19.2 Å². The molecule has 144 valence electrons. The minimum atomic E-state index is -1.12. The number of allylic oxidation sites excluding steroid dienone is 3. The molecule has 0 amide bonds. The van der Waals surface area contributed by atoms with Gasteiger partial charge in [-0.25, -0.2) is 8.78 Å². The lowest BCUT2D eigenvalue weighted by atomic mass is 9.89. The van der Waals surface area contributed by atoms with E-state index in [0.29, 0.717) is 18.8 Å². The molecule has 0 heterocycles. The minimum absolute atomic E-state index is 0.0912. The van der Waals surface area contributed by atoms with Crippen molar-refractivity contribution in [2.45, 2.75) is 39.5 Å². The number of aryl methyl sites for hydroxylation is 1. The predicted octanol–water partition coefficient (Wildman–Crippen LogP) is 6.38. The van der Waals surface area contributed by atoms with Crippen molar-refractivity contribution < 1.29 is 23.0 Å². The van der Waals surface area contributed by atoms with Crippen molar-refractivity contribution in [2.75, 3.05) is 7.11 Å². The summed E-state index contributed by atoms with van der Waals surface area (Å²) < 4.78 is 45.7. The van der Waals surface area contributed by atoms with Gasteiger partial charge in [-0.05, 0) is 54.4 Å². The molecule has 0 fully saturated rings. The molecule has 2 nitrogen and oxygen atoms in total. The van der Waals surface area contributed by atoms with Crippen LogP contribution >= 0.6 is 0 Å². The molecular formula is C21H27F3O2. The summed E-state index contributed by atoms with van der Waals surface area (Å²) in [5, 5.41) is 9.19. The van der Waals surface area contributed by atoms with Crippen molar-refractivity contribution in [1.82, 2.24) is 0 Å². The first-order chi connectivity index (χ1) is 12.2. The Morgan fingerprint density at radius 3 is 2.35 bits per heavy atom. The summed E-state index contributed by atoms with van der Waals surface area (Å²) >= 11 is 0. The van der Waals surface area contributed by atoms with Gasteiger partial charge in [-0.3, -0.25) is 0 Å². The summed E-state index contributed by atoms with van der Waals surface area (Å²) in [7, 11) is 1.23. The van der Waals surface area contributed by atoms with Crippen LogP contribution in [-0.4, -0.2) is 12.2 Å². The maximum Gasteiger partial charge on any atom is 0.200 e. The minimum Gasteiger partial charge on any atom is -0.505 e. The Labute approximate surface area is 153 Å². The van der Waals surface area contributed by atoms with Gasteiger partial charge in [0.05, 0.1) is 7.11 Å². The molecule has 1 rings (SSSR count). The summed E-state index contributed by atoms with van der Waals surface area (Å²) in [6.07, 6.45) is 2.98. The van der Waals surface area contributed by atoms with Crippen LogP contribution in [0.15, 0.2) is 54.3 Å². The second kappa shape index (κ2) is 10.1. The highest BCUT2D eigenvalue weighted by Crippen LogP contribution is 2.30. The Morgan fingerprint density at radius 1 is 1.12 bits per heavy atom. The third-order valence-electron chi connectivity index (χ3n) is 4.59. The molecule has 0 saturated heterocycles. The van der Waals surface area contributed by atoms with E-state index in [2.05, 4.69) is 24.8 Å². The Hall–Kier alpha value is -2.17. The van der Waals surface area contributed by atoms with Gasteiger partial charge in [0.1, 0.15) is 5.76 Å². The normalized spacial score (nSPS) is 14.4. The van der Waals surface area contributed by atoms with Crippen LogP contribution in [-0.2, 0) is 11.2 Å². The number of methoxy groups -OCH3 is 1. The Balaban J connectivity index is 2.50. The number of hydrogen-bond donors (Lipinski definition) is 1. The first-order valence-corrected chi connectivity index (χ1v) is 8.62. The van der Waals surface area contributed by atoms with Gasteiger partial charge in [-0.2, -0.15) is 4.39 Å². The number of phenols is 1. The zero-order valence-corrected chi connectivity index (χ0v) is 15.6. The molecular weight excluding hydrogens is 341 g/mol. The molecule has 0 spiro atoms. The number of phenolic OH excluding ortho intramolecular Hbond substituents is 1. The first-order valence-electron chi connectivity index (χ1n) is 8.62. The summed E-state index contributed by atoms with van der Waals surface area (Å²) in [5.41, 5.74) is 0.909. The summed E-state index contributed by atoms with van der Waals surface area (Å²) in [5.74, 6) is -3.37. The Bertz CT molecular complexity index is 680. The average molecular weight is 368 g/mol. The molecule has 2 unspecified atom stereocenters. The van der Waals surface area contributed by atoms with Crippen LogP contribution in [0.5, 0.6) is 5.75 Å². The van der Waals surface area contributed by atoms with Crippen molar-refractivity contribution >= 4 is 0 Å². The van der Waals surface area contributed by atoms with Gasteiger partial charge in [0, 0.05) is 0 Å². The van der Waals surface area contributed by atoms with Crippen molar-refractivity contribution in [2.24, 2.45) is 11.8 Å². The molecule has 0 saturated carbocycles. The van der Waals surface area contributed by atoms with Gasteiger partial charge in [0.25, 0.3) is 0 Å². The highest BCUT2D eigenvalue weighted by Gasteiger charge is 2.19. The van der Waals surface area contributed by atoms with E-state index in [4.69, 9.17) is 0 Å². The van der Waals surface area contributed by atoms with Gasteiger partial charge in [0.15, 0.2) is 23.2 Å². The van der Waals surface area contributed by atoms with E-state index in [0.717, 1.165) is 18.4 Å². The summed E-state index contributed by atoms with van der Waals surface area (Å²) in [4.78, 5) is 0. The monoisotopic (exact) mass is 368 g/mol. The van der Waals surface area contributed by atoms with Crippen molar-refractivity contribution in [3.8, 4) is 5.75 Å². The van der Waals surface area contributed by atoms with Crippen molar-refractivity contribution in [3.63, 3.8) is 0 Å². The Morgan fingerprint density at radius 2 is 1.77 bits per heavy atom. The fraction of sp³-hybridized carbons (Fsp3) is 0.429. The number of aromatic hydroxyl groups is 1. The van der Waals surface area contributed by atoms with Crippen LogP contribution in [0, 0.1) is 17.7 Å². The smallest absolute Gasteiger partial charge is 0.200 e. The van der Waals surface area contributed by atoms with Gasteiger partial charge >= 0.3 is 0 Å². The molecule has 0 bridgehead atoms. The zero-order valence-electron chi connectivity index (χ0n) is 15.6. The fourth-order valence-corrected chi connectivity index (χ4v) is 2.54. The number of benzene rings is 1. The average Bonchev–Trinajstić information content (AvgIpc) is 2.64. The molecule has 5 heteroatoms. The van der Waals surface area contributed by atoms with E-state index in [1.807, 2.05) is 0 Å². The molecule has 0 radical (unpaired) electrons. The predicted molar refractivity (Wildman–Crippen MR) is 98.5 cm³/mol. The number of rotatable bonds is 10. The van der Waals surface area contributed by atoms with E-state index in [-0.39, 0.29) is 23.0 Å². The van der Waals surface area contributed by atoms with Gasteiger partial charge in [-0.15, -0.1) is 0 Å². The molecule has 0 aliphatic heterocycles. The van der Waals surface area contributed by atoms with E-state index >= 15 is 0 Å². The molecule has 1 aromatic carbocycles. The van der Waals surface area contributed by atoms with Crippen molar-refractivity contribution in [3.05, 3.63) is 65.7 Å². The molecule has 0 aromatic heterocycles. The maximum atomic E-state index is 14.1. The van der Waals surface area contributed by atoms with E-state index in [1.54, 1.807) is 13.0 Å². The van der Waals surface area contributed by atoms with Crippen LogP contribution in [0.2, 0.25) is 0 Å².